The molecule has 5 heteroatoms. The molecule has 0 amide bonds. The quantitative estimate of drug-likeness (QED) is 0.624. The van der Waals surface area contributed by atoms with E-state index in [0.717, 1.165) is 18.5 Å². The van der Waals surface area contributed by atoms with Gasteiger partial charge >= 0.3 is 0 Å². The van der Waals surface area contributed by atoms with E-state index in [4.69, 9.17) is 0 Å². The van der Waals surface area contributed by atoms with Gasteiger partial charge in [0, 0.05) is 36.5 Å². The third-order valence-corrected chi connectivity index (χ3v) is 3.31. The summed E-state index contributed by atoms with van der Waals surface area (Å²) in [4.78, 5) is 12.3. The lowest BCUT2D eigenvalue weighted by atomic mass is 10.1. The van der Waals surface area contributed by atoms with Crippen LogP contribution in [0.1, 0.15) is 32.3 Å². The smallest absolute Gasteiger partial charge is 0.269 e. The van der Waals surface area contributed by atoms with Gasteiger partial charge in [0.2, 0.25) is 0 Å². The predicted octanol–water partition coefficient (Wildman–Crippen LogP) is 2.71. The van der Waals surface area contributed by atoms with Crippen LogP contribution in [-0.4, -0.2) is 23.1 Å². The van der Waals surface area contributed by atoms with E-state index in [0.29, 0.717) is 11.6 Å². The average Bonchev–Trinajstić information content (AvgIpc) is 2.39. The molecule has 1 N–H and O–H groups in total. The first kappa shape index (κ1) is 14.4. The summed E-state index contributed by atoms with van der Waals surface area (Å²) in [6.45, 7) is 4.02. The zero-order valence-corrected chi connectivity index (χ0v) is 11.1. The van der Waals surface area contributed by atoms with Gasteiger partial charge in [0.05, 0.1) is 11.5 Å². The number of nitrogens with zero attached hydrogens (tertiary/aromatic N) is 2. The molecule has 0 spiro atoms. The lowest BCUT2D eigenvalue weighted by Crippen LogP contribution is -2.31. The van der Waals surface area contributed by atoms with E-state index in [9.17, 15) is 15.2 Å². The molecule has 18 heavy (non-hydrogen) atoms. The molecular weight excluding hydrogens is 232 g/mol. The Morgan fingerprint density at radius 1 is 1.39 bits per heavy atom. The first-order valence-corrected chi connectivity index (χ1v) is 6.16. The molecule has 0 aliphatic heterocycles. The minimum Gasteiger partial charge on any atom is -0.392 e. The lowest BCUT2D eigenvalue weighted by molar-refractivity contribution is -0.384. The zero-order valence-electron chi connectivity index (χ0n) is 11.1. The highest BCUT2D eigenvalue weighted by Crippen LogP contribution is 2.27. The lowest BCUT2D eigenvalue weighted by Gasteiger charge is -2.30. The van der Waals surface area contributed by atoms with E-state index in [1.54, 1.807) is 6.07 Å². The van der Waals surface area contributed by atoms with E-state index in [1.807, 2.05) is 7.05 Å². The summed E-state index contributed by atoms with van der Waals surface area (Å²) in [6.07, 6.45) is 1.99. The maximum atomic E-state index is 10.7. The minimum atomic E-state index is -0.444. The SMILES string of the molecule is CCC(CC)N(C)c1ccc([N+](=O)[O-])cc1CO. The molecule has 0 saturated heterocycles. The van der Waals surface area contributed by atoms with Crippen LogP contribution >= 0.6 is 0 Å². The number of benzene rings is 1. The number of aliphatic hydroxyl groups is 1. The van der Waals surface area contributed by atoms with Crippen LogP contribution in [0, 0.1) is 10.1 Å². The normalized spacial score (nSPS) is 10.7. The summed E-state index contributed by atoms with van der Waals surface area (Å²) >= 11 is 0. The Morgan fingerprint density at radius 3 is 2.44 bits per heavy atom. The van der Waals surface area contributed by atoms with Gasteiger partial charge in [-0.25, -0.2) is 0 Å². The Morgan fingerprint density at radius 2 is 2.00 bits per heavy atom. The number of non-ortho nitro benzene ring substituents is 1. The van der Waals surface area contributed by atoms with Crippen LogP contribution in [-0.2, 0) is 6.61 Å². The number of hydrogen-bond donors (Lipinski definition) is 1. The molecule has 0 bridgehead atoms. The zero-order chi connectivity index (χ0) is 13.7. The van der Waals surface area contributed by atoms with Crippen LogP contribution in [0.5, 0.6) is 0 Å². The molecule has 0 aromatic heterocycles. The molecule has 1 aromatic carbocycles. The van der Waals surface area contributed by atoms with Gasteiger partial charge in [-0.1, -0.05) is 13.8 Å². The van der Waals surface area contributed by atoms with E-state index < -0.39 is 4.92 Å². The second-order valence-electron chi connectivity index (χ2n) is 4.31. The number of nitro benzene ring substituents is 1. The highest BCUT2D eigenvalue weighted by Gasteiger charge is 2.17. The van der Waals surface area contributed by atoms with Crippen molar-refractivity contribution in [2.45, 2.75) is 39.3 Å². The van der Waals surface area contributed by atoms with E-state index in [-0.39, 0.29) is 12.3 Å². The van der Waals surface area contributed by atoms with E-state index in [1.165, 1.54) is 12.1 Å². The van der Waals surface area contributed by atoms with Crippen molar-refractivity contribution >= 4 is 11.4 Å². The number of hydrogen-bond acceptors (Lipinski definition) is 4. The molecule has 0 unspecified atom stereocenters. The van der Waals surface area contributed by atoms with Gasteiger partial charge < -0.3 is 10.0 Å². The molecule has 100 valence electrons. The van der Waals surface area contributed by atoms with Crippen molar-refractivity contribution in [1.82, 2.24) is 0 Å². The Labute approximate surface area is 107 Å². The standard InChI is InChI=1S/C13H20N2O3/c1-4-11(5-2)14(3)13-7-6-12(15(17)18)8-10(13)9-16/h6-8,11,16H,4-5,9H2,1-3H3. The maximum absolute atomic E-state index is 10.7. The fourth-order valence-electron chi connectivity index (χ4n) is 2.19. The van der Waals surface area contributed by atoms with Crippen LogP contribution in [0.3, 0.4) is 0 Å². The van der Waals surface area contributed by atoms with Gasteiger partial charge in [0.15, 0.2) is 0 Å². The fourth-order valence-corrected chi connectivity index (χ4v) is 2.19. The predicted molar refractivity (Wildman–Crippen MR) is 71.8 cm³/mol. The Hall–Kier alpha value is -1.62. The topological polar surface area (TPSA) is 66.6 Å². The molecule has 0 saturated carbocycles. The van der Waals surface area contributed by atoms with Crippen molar-refractivity contribution < 1.29 is 10.0 Å². The molecule has 0 atom stereocenters. The number of anilines is 1. The van der Waals surface area contributed by atoms with Crippen molar-refractivity contribution in [2.75, 3.05) is 11.9 Å². The van der Waals surface area contributed by atoms with Gasteiger partial charge in [-0.15, -0.1) is 0 Å². The van der Waals surface area contributed by atoms with E-state index >= 15 is 0 Å². The summed E-state index contributed by atoms with van der Waals surface area (Å²) in [7, 11) is 1.96. The van der Waals surface area contributed by atoms with Crippen LogP contribution in [0.4, 0.5) is 11.4 Å². The van der Waals surface area contributed by atoms with Crippen molar-refractivity contribution in [3.05, 3.63) is 33.9 Å². The summed E-state index contributed by atoms with van der Waals surface area (Å²) in [5.74, 6) is 0. The van der Waals surface area contributed by atoms with Crippen molar-refractivity contribution in [2.24, 2.45) is 0 Å². The summed E-state index contributed by atoms with van der Waals surface area (Å²) < 4.78 is 0. The second-order valence-corrected chi connectivity index (χ2v) is 4.31. The van der Waals surface area contributed by atoms with Crippen LogP contribution in [0.25, 0.3) is 0 Å². The molecular formula is C13H20N2O3. The van der Waals surface area contributed by atoms with Crippen LogP contribution in [0.15, 0.2) is 18.2 Å². The molecule has 0 radical (unpaired) electrons. The average molecular weight is 252 g/mol. The highest BCUT2D eigenvalue weighted by atomic mass is 16.6. The third-order valence-electron chi connectivity index (χ3n) is 3.31. The largest absolute Gasteiger partial charge is 0.392 e. The minimum absolute atomic E-state index is 0.0146. The number of nitro groups is 1. The van der Waals surface area contributed by atoms with Gasteiger partial charge in [-0.2, -0.15) is 0 Å². The molecule has 0 aliphatic carbocycles. The Balaban J connectivity index is 3.12. The van der Waals surface area contributed by atoms with E-state index in [2.05, 4.69) is 18.7 Å². The van der Waals surface area contributed by atoms with Gasteiger partial charge in [-0.3, -0.25) is 10.1 Å². The highest BCUT2D eigenvalue weighted by molar-refractivity contribution is 5.57. The monoisotopic (exact) mass is 252 g/mol. The maximum Gasteiger partial charge on any atom is 0.269 e. The molecule has 0 heterocycles. The second kappa shape index (κ2) is 6.35. The van der Waals surface area contributed by atoms with Gasteiger partial charge in [-0.05, 0) is 18.9 Å². The first-order chi connectivity index (χ1) is 8.54. The van der Waals surface area contributed by atoms with Crippen molar-refractivity contribution in [3.63, 3.8) is 0 Å². The summed E-state index contributed by atoms with van der Waals surface area (Å²) in [5.41, 5.74) is 1.47. The van der Waals surface area contributed by atoms with Crippen molar-refractivity contribution in [3.8, 4) is 0 Å². The van der Waals surface area contributed by atoms with Crippen molar-refractivity contribution in [1.29, 1.82) is 0 Å². The molecule has 0 aliphatic rings. The number of aliphatic hydroxyl groups excluding tert-OH is 1. The molecule has 1 aromatic rings. The van der Waals surface area contributed by atoms with Crippen LogP contribution in [0.2, 0.25) is 0 Å². The Kier molecular flexibility index (Phi) is 5.09. The Bertz CT molecular complexity index is 417. The van der Waals surface area contributed by atoms with Gasteiger partial charge in [0.25, 0.3) is 5.69 Å². The molecule has 5 nitrogen and oxygen atoms in total. The molecule has 1 rings (SSSR count). The number of rotatable bonds is 6. The summed E-state index contributed by atoms with van der Waals surface area (Å²) in [6, 6.07) is 5.00. The van der Waals surface area contributed by atoms with Gasteiger partial charge in [0.1, 0.15) is 0 Å². The fraction of sp³-hybridized carbons (Fsp3) is 0.538. The third kappa shape index (κ3) is 2.98. The first-order valence-electron chi connectivity index (χ1n) is 6.16. The molecule has 0 fully saturated rings. The van der Waals surface area contributed by atoms with Crippen LogP contribution < -0.4 is 4.90 Å². The summed E-state index contributed by atoms with van der Waals surface area (Å²) in [5, 5.41) is 20.1.